The molecule has 2 atom stereocenters. The van der Waals surface area contributed by atoms with Gasteiger partial charge in [0, 0.05) is 13.1 Å². The molecule has 0 aromatic carbocycles. The summed E-state index contributed by atoms with van der Waals surface area (Å²) < 4.78 is 0. The van der Waals surface area contributed by atoms with Crippen LogP contribution in [0.1, 0.15) is 39.5 Å². The number of nitrogens with zero attached hydrogens (tertiary/aromatic N) is 1. The van der Waals surface area contributed by atoms with Crippen molar-refractivity contribution in [2.24, 2.45) is 0 Å². The maximum absolute atomic E-state index is 11.5. The average molecular weight is 241 g/mol. The summed E-state index contributed by atoms with van der Waals surface area (Å²) in [7, 11) is 1.69. The average Bonchev–Trinajstić information content (AvgIpc) is 2.54. The van der Waals surface area contributed by atoms with Crippen LogP contribution in [0.15, 0.2) is 0 Å². The van der Waals surface area contributed by atoms with E-state index in [1.807, 2.05) is 6.92 Å². The second kappa shape index (κ2) is 7.67. The van der Waals surface area contributed by atoms with E-state index in [2.05, 4.69) is 22.5 Å². The summed E-state index contributed by atoms with van der Waals surface area (Å²) in [6.45, 7) is 7.74. The molecule has 4 nitrogen and oxygen atoms in total. The monoisotopic (exact) mass is 241 g/mol. The van der Waals surface area contributed by atoms with Crippen molar-refractivity contribution < 1.29 is 4.79 Å². The van der Waals surface area contributed by atoms with E-state index >= 15 is 0 Å². The van der Waals surface area contributed by atoms with Gasteiger partial charge in [0.25, 0.3) is 0 Å². The zero-order valence-electron chi connectivity index (χ0n) is 11.5. The highest BCUT2D eigenvalue weighted by molar-refractivity contribution is 5.80. The van der Waals surface area contributed by atoms with Crippen molar-refractivity contribution >= 4 is 5.91 Å². The van der Waals surface area contributed by atoms with Gasteiger partial charge in [0.1, 0.15) is 0 Å². The predicted molar refractivity (Wildman–Crippen MR) is 71.0 cm³/mol. The van der Waals surface area contributed by atoms with E-state index in [-0.39, 0.29) is 11.9 Å². The van der Waals surface area contributed by atoms with Crippen LogP contribution in [0.5, 0.6) is 0 Å². The molecule has 0 saturated carbocycles. The Bertz CT molecular complexity index is 233. The molecule has 1 rings (SSSR count). The summed E-state index contributed by atoms with van der Waals surface area (Å²) in [4.78, 5) is 14.0. The first-order valence-corrected chi connectivity index (χ1v) is 6.87. The van der Waals surface area contributed by atoms with E-state index in [0.29, 0.717) is 6.04 Å². The molecule has 2 N–H and O–H groups in total. The molecular weight excluding hydrogens is 214 g/mol. The Morgan fingerprint density at radius 2 is 2.18 bits per heavy atom. The van der Waals surface area contributed by atoms with Crippen molar-refractivity contribution in [3.63, 3.8) is 0 Å². The number of likely N-dealkylation sites (tertiary alicyclic amines) is 1. The topological polar surface area (TPSA) is 44.4 Å². The van der Waals surface area contributed by atoms with Crippen LogP contribution in [0.25, 0.3) is 0 Å². The van der Waals surface area contributed by atoms with Crippen LogP contribution in [0.4, 0.5) is 0 Å². The Morgan fingerprint density at radius 3 is 2.82 bits per heavy atom. The number of rotatable bonds is 5. The van der Waals surface area contributed by atoms with Crippen molar-refractivity contribution in [1.29, 1.82) is 0 Å². The summed E-state index contributed by atoms with van der Waals surface area (Å²) in [6, 6.07) is 0.409. The number of likely N-dealkylation sites (N-methyl/N-ethyl adjacent to an activating group) is 1. The highest BCUT2D eigenvalue weighted by atomic mass is 16.2. The molecule has 0 aromatic rings. The Hall–Kier alpha value is -0.610. The van der Waals surface area contributed by atoms with Gasteiger partial charge < -0.3 is 15.5 Å². The lowest BCUT2D eigenvalue weighted by Gasteiger charge is -2.21. The fourth-order valence-corrected chi connectivity index (χ4v) is 2.51. The zero-order chi connectivity index (χ0) is 12.7. The molecule has 0 aromatic heterocycles. The van der Waals surface area contributed by atoms with Crippen molar-refractivity contribution in [2.75, 3.05) is 26.7 Å². The molecular formula is C13H27N3O. The van der Waals surface area contributed by atoms with Gasteiger partial charge in [-0.05, 0) is 52.2 Å². The van der Waals surface area contributed by atoms with E-state index in [1.54, 1.807) is 7.05 Å². The molecule has 0 spiro atoms. The highest BCUT2D eigenvalue weighted by Crippen LogP contribution is 2.12. The third-order valence-corrected chi connectivity index (χ3v) is 3.49. The largest absolute Gasteiger partial charge is 0.358 e. The number of carbonyl (C=O) groups excluding carboxylic acids is 1. The summed E-state index contributed by atoms with van der Waals surface area (Å²) in [6.07, 6.45) is 4.80. The molecule has 4 heteroatoms. The van der Waals surface area contributed by atoms with Gasteiger partial charge in [0.2, 0.25) is 5.91 Å². The van der Waals surface area contributed by atoms with Gasteiger partial charge in [-0.25, -0.2) is 0 Å². The maximum Gasteiger partial charge on any atom is 0.236 e. The third kappa shape index (κ3) is 5.04. The summed E-state index contributed by atoms with van der Waals surface area (Å²) in [5.41, 5.74) is 0. The van der Waals surface area contributed by atoms with Crippen LogP contribution in [0.2, 0.25) is 0 Å². The molecule has 1 heterocycles. The van der Waals surface area contributed by atoms with Crippen LogP contribution < -0.4 is 10.6 Å². The Balaban J connectivity index is 2.33. The fraction of sp³-hybridized carbons (Fsp3) is 0.923. The van der Waals surface area contributed by atoms with E-state index in [0.717, 1.165) is 13.0 Å². The van der Waals surface area contributed by atoms with Gasteiger partial charge in [-0.15, -0.1) is 0 Å². The number of hydrogen-bond donors (Lipinski definition) is 2. The molecule has 1 amide bonds. The van der Waals surface area contributed by atoms with Gasteiger partial charge in [-0.3, -0.25) is 4.79 Å². The van der Waals surface area contributed by atoms with Crippen molar-refractivity contribution in [3.05, 3.63) is 0 Å². The smallest absolute Gasteiger partial charge is 0.236 e. The fourth-order valence-electron chi connectivity index (χ4n) is 2.51. The Kier molecular flexibility index (Phi) is 6.52. The quantitative estimate of drug-likeness (QED) is 0.754. The molecule has 1 saturated heterocycles. The van der Waals surface area contributed by atoms with Crippen molar-refractivity contribution in [2.45, 2.75) is 51.6 Å². The Morgan fingerprint density at radius 1 is 1.41 bits per heavy atom. The molecule has 17 heavy (non-hydrogen) atoms. The van der Waals surface area contributed by atoms with Crippen molar-refractivity contribution in [3.8, 4) is 0 Å². The lowest BCUT2D eigenvalue weighted by atomic mass is 10.1. The first-order chi connectivity index (χ1) is 8.17. The molecule has 0 aliphatic carbocycles. The first-order valence-electron chi connectivity index (χ1n) is 6.87. The molecule has 1 aliphatic rings. The van der Waals surface area contributed by atoms with E-state index in [9.17, 15) is 4.79 Å². The van der Waals surface area contributed by atoms with Crippen LogP contribution in [-0.2, 0) is 4.79 Å². The third-order valence-electron chi connectivity index (χ3n) is 3.49. The van der Waals surface area contributed by atoms with Gasteiger partial charge in [0.05, 0.1) is 6.04 Å². The van der Waals surface area contributed by atoms with Crippen LogP contribution in [0, 0.1) is 0 Å². The summed E-state index contributed by atoms with van der Waals surface area (Å²) in [5.74, 6) is 0.0830. The highest BCUT2D eigenvalue weighted by Gasteiger charge is 2.20. The van der Waals surface area contributed by atoms with E-state index in [1.165, 1.54) is 32.4 Å². The van der Waals surface area contributed by atoms with Crippen LogP contribution in [0.3, 0.4) is 0 Å². The predicted octanol–water partition coefficient (Wildman–Crippen LogP) is 0.975. The Labute approximate surface area is 105 Å². The molecule has 1 aliphatic heterocycles. The normalized spacial score (nSPS) is 24.1. The molecule has 1 fully saturated rings. The number of nitrogens with one attached hydrogen (secondary N) is 2. The SMILES string of the molecule is CCCN1CCCC(NC(C)C(=O)NC)CC1. The van der Waals surface area contributed by atoms with Gasteiger partial charge in [-0.1, -0.05) is 6.92 Å². The van der Waals surface area contributed by atoms with Gasteiger partial charge in [0.15, 0.2) is 0 Å². The molecule has 0 bridgehead atoms. The van der Waals surface area contributed by atoms with Crippen LogP contribution in [-0.4, -0.2) is 49.6 Å². The van der Waals surface area contributed by atoms with Gasteiger partial charge >= 0.3 is 0 Å². The standard InChI is InChI=1S/C13H27N3O/c1-4-8-16-9-5-6-12(7-10-16)15-11(2)13(17)14-3/h11-12,15H,4-10H2,1-3H3,(H,14,17). The van der Waals surface area contributed by atoms with Gasteiger partial charge in [-0.2, -0.15) is 0 Å². The molecule has 100 valence electrons. The minimum absolute atomic E-state index is 0.0808. The second-order valence-electron chi connectivity index (χ2n) is 4.97. The minimum atomic E-state index is -0.0808. The minimum Gasteiger partial charge on any atom is -0.358 e. The molecule has 2 unspecified atom stereocenters. The zero-order valence-corrected chi connectivity index (χ0v) is 11.5. The van der Waals surface area contributed by atoms with Crippen molar-refractivity contribution in [1.82, 2.24) is 15.5 Å². The van der Waals surface area contributed by atoms with Crippen LogP contribution >= 0.6 is 0 Å². The number of amides is 1. The first kappa shape index (κ1) is 14.5. The van der Waals surface area contributed by atoms with E-state index < -0.39 is 0 Å². The number of hydrogen-bond acceptors (Lipinski definition) is 3. The second-order valence-corrected chi connectivity index (χ2v) is 4.97. The lowest BCUT2D eigenvalue weighted by Crippen LogP contribution is -2.45. The summed E-state index contributed by atoms with van der Waals surface area (Å²) >= 11 is 0. The summed E-state index contributed by atoms with van der Waals surface area (Å²) in [5, 5.41) is 6.12. The molecule has 0 radical (unpaired) electrons. The maximum atomic E-state index is 11.5. The number of carbonyl (C=O) groups is 1. The lowest BCUT2D eigenvalue weighted by molar-refractivity contribution is -0.122. The van der Waals surface area contributed by atoms with E-state index in [4.69, 9.17) is 0 Å².